The number of benzene rings is 1. The van der Waals surface area contributed by atoms with Crippen LogP contribution in [0.2, 0.25) is 0 Å². The Hall–Kier alpha value is -1.72. The van der Waals surface area contributed by atoms with Gasteiger partial charge in [-0.25, -0.2) is 4.98 Å². The molecule has 2 aromatic rings. The highest BCUT2D eigenvalue weighted by Gasteiger charge is 2.17. The van der Waals surface area contributed by atoms with Crippen LogP contribution < -0.4 is 10.6 Å². The second-order valence-corrected chi connectivity index (χ2v) is 5.31. The van der Waals surface area contributed by atoms with Crippen molar-refractivity contribution in [3.63, 3.8) is 0 Å². The van der Waals surface area contributed by atoms with E-state index in [4.69, 9.17) is 27.7 Å². The van der Waals surface area contributed by atoms with Crippen molar-refractivity contribution in [1.82, 2.24) is 4.98 Å². The van der Waals surface area contributed by atoms with Crippen LogP contribution in [0.5, 0.6) is 0 Å². The first kappa shape index (κ1) is 13.3. The number of rotatable bonds is 2. The predicted molar refractivity (Wildman–Crippen MR) is 85.3 cm³/mol. The number of pyridine rings is 1. The lowest BCUT2D eigenvalue weighted by Crippen LogP contribution is -2.29. The minimum absolute atomic E-state index is 0.392. The number of hydrogen-bond acceptors (Lipinski definition) is 4. The third kappa shape index (κ3) is 2.59. The van der Waals surface area contributed by atoms with Crippen LogP contribution in [0.25, 0.3) is 10.9 Å². The van der Waals surface area contributed by atoms with Crippen LogP contribution in [0.1, 0.15) is 12.0 Å². The summed E-state index contributed by atoms with van der Waals surface area (Å²) in [5.74, 6) is 0.877. The van der Waals surface area contributed by atoms with Crippen molar-refractivity contribution in [2.45, 2.75) is 6.42 Å². The van der Waals surface area contributed by atoms with E-state index in [1.54, 1.807) is 0 Å². The van der Waals surface area contributed by atoms with E-state index < -0.39 is 0 Å². The maximum absolute atomic E-state index is 5.88. The van der Waals surface area contributed by atoms with E-state index in [0.29, 0.717) is 11.6 Å². The van der Waals surface area contributed by atoms with Gasteiger partial charge >= 0.3 is 0 Å². The van der Waals surface area contributed by atoms with Crippen LogP contribution in [-0.4, -0.2) is 36.3 Å². The lowest BCUT2D eigenvalue weighted by molar-refractivity contribution is 0.152. The number of para-hydroxylation sites is 1. The molecule has 1 aromatic heterocycles. The van der Waals surface area contributed by atoms with Crippen molar-refractivity contribution in [3.05, 3.63) is 35.9 Å². The predicted octanol–water partition coefficient (Wildman–Crippen LogP) is 2.10. The number of nitrogens with two attached hydrogens (primary N) is 1. The molecule has 0 spiro atoms. The van der Waals surface area contributed by atoms with Crippen molar-refractivity contribution in [1.29, 1.82) is 0 Å². The molecule has 0 aliphatic carbocycles. The zero-order valence-corrected chi connectivity index (χ0v) is 12.0. The topological polar surface area (TPSA) is 51.4 Å². The summed E-state index contributed by atoms with van der Waals surface area (Å²) in [7, 11) is 0. The van der Waals surface area contributed by atoms with Crippen LogP contribution in [0.3, 0.4) is 0 Å². The van der Waals surface area contributed by atoms with Crippen molar-refractivity contribution in [2.24, 2.45) is 5.73 Å². The maximum atomic E-state index is 5.88. The monoisotopic (exact) mass is 287 g/mol. The molecule has 2 N–H and O–H groups in total. The number of hydrogen-bond donors (Lipinski definition) is 1. The lowest BCUT2D eigenvalue weighted by Gasteiger charge is -2.23. The zero-order valence-electron chi connectivity index (χ0n) is 11.2. The number of ether oxygens (including phenoxy) is 1. The summed E-state index contributed by atoms with van der Waals surface area (Å²) in [6.07, 6.45) is 0.991. The molecule has 0 bridgehead atoms. The van der Waals surface area contributed by atoms with Crippen molar-refractivity contribution >= 4 is 33.9 Å². The van der Waals surface area contributed by atoms with Gasteiger partial charge < -0.3 is 15.4 Å². The van der Waals surface area contributed by atoms with Gasteiger partial charge in [-0.1, -0.05) is 30.4 Å². The number of anilines is 1. The Morgan fingerprint density at radius 2 is 2.10 bits per heavy atom. The van der Waals surface area contributed by atoms with Gasteiger partial charge in [0.15, 0.2) is 0 Å². The van der Waals surface area contributed by atoms with E-state index in [9.17, 15) is 0 Å². The van der Waals surface area contributed by atoms with E-state index >= 15 is 0 Å². The summed E-state index contributed by atoms with van der Waals surface area (Å²) in [6.45, 7) is 3.25. The van der Waals surface area contributed by atoms with E-state index in [2.05, 4.69) is 4.90 Å². The molecule has 5 heteroatoms. The molecule has 0 atom stereocenters. The molecule has 1 fully saturated rings. The minimum Gasteiger partial charge on any atom is -0.389 e. The molecule has 3 rings (SSSR count). The van der Waals surface area contributed by atoms with E-state index in [1.165, 1.54) is 0 Å². The SMILES string of the molecule is NC(=S)c1cc2ccccc2nc1N1CCCOCC1. The highest BCUT2D eigenvalue weighted by Crippen LogP contribution is 2.24. The Morgan fingerprint density at radius 3 is 2.95 bits per heavy atom. The van der Waals surface area contributed by atoms with Crippen molar-refractivity contribution in [3.8, 4) is 0 Å². The van der Waals surface area contributed by atoms with Crippen LogP contribution in [0.4, 0.5) is 5.82 Å². The summed E-state index contributed by atoms with van der Waals surface area (Å²) >= 11 is 5.20. The third-order valence-corrected chi connectivity index (χ3v) is 3.71. The van der Waals surface area contributed by atoms with Crippen LogP contribution in [0.15, 0.2) is 30.3 Å². The Kier molecular flexibility index (Phi) is 3.80. The zero-order chi connectivity index (χ0) is 13.9. The summed E-state index contributed by atoms with van der Waals surface area (Å²) in [6, 6.07) is 10.1. The third-order valence-electron chi connectivity index (χ3n) is 3.49. The van der Waals surface area contributed by atoms with Crippen molar-refractivity contribution < 1.29 is 4.74 Å². The fourth-order valence-corrected chi connectivity index (χ4v) is 2.64. The van der Waals surface area contributed by atoms with Gasteiger partial charge in [-0.15, -0.1) is 0 Å². The largest absolute Gasteiger partial charge is 0.389 e. The highest BCUT2D eigenvalue weighted by molar-refractivity contribution is 7.80. The molecule has 1 saturated heterocycles. The second-order valence-electron chi connectivity index (χ2n) is 4.87. The first-order valence-corrected chi connectivity index (χ1v) is 7.19. The molecule has 4 nitrogen and oxygen atoms in total. The van der Waals surface area contributed by atoms with Crippen LogP contribution >= 0.6 is 12.2 Å². The van der Waals surface area contributed by atoms with Crippen molar-refractivity contribution in [2.75, 3.05) is 31.2 Å². The Morgan fingerprint density at radius 1 is 1.25 bits per heavy atom. The Bertz CT molecular complexity index is 636. The first-order valence-electron chi connectivity index (χ1n) is 6.78. The van der Waals surface area contributed by atoms with Crippen LogP contribution in [0, 0.1) is 0 Å². The average Bonchev–Trinajstić information content (AvgIpc) is 2.74. The molecule has 0 saturated carbocycles. The van der Waals surface area contributed by atoms with E-state index in [0.717, 1.165) is 48.4 Å². The van der Waals surface area contributed by atoms with Crippen LogP contribution in [-0.2, 0) is 4.74 Å². The van der Waals surface area contributed by atoms with Gasteiger partial charge in [-0.05, 0) is 18.6 Å². The number of aromatic nitrogens is 1. The summed E-state index contributed by atoms with van der Waals surface area (Å²) in [4.78, 5) is 7.37. The lowest BCUT2D eigenvalue weighted by atomic mass is 10.1. The van der Waals surface area contributed by atoms with E-state index in [-0.39, 0.29) is 0 Å². The molecular formula is C15H17N3OS. The van der Waals surface area contributed by atoms with Gasteiger partial charge in [-0.3, -0.25) is 0 Å². The Labute approximate surface area is 123 Å². The van der Waals surface area contributed by atoms with E-state index in [1.807, 2.05) is 30.3 Å². The average molecular weight is 287 g/mol. The van der Waals surface area contributed by atoms with Gasteiger partial charge in [-0.2, -0.15) is 0 Å². The molecule has 2 heterocycles. The normalized spacial score (nSPS) is 16.1. The fourth-order valence-electron chi connectivity index (χ4n) is 2.49. The summed E-state index contributed by atoms with van der Waals surface area (Å²) in [5, 5.41) is 1.06. The molecule has 0 amide bonds. The fraction of sp³-hybridized carbons (Fsp3) is 0.333. The highest BCUT2D eigenvalue weighted by atomic mass is 32.1. The van der Waals surface area contributed by atoms with Gasteiger partial charge in [0.2, 0.25) is 0 Å². The second kappa shape index (κ2) is 5.73. The van der Waals surface area contributed by atoms with Gasteiger partial charge in [0.25, 0.3) is 0 Å². The molecule has 1 aromatic carbocycles. The molecule has 0 radical (unpaired) electrons. The molecule has 1 aliphatic heterocycles. The number of fused-ring (bicyclic) bond motifs is 1. The number of thiocarbonyl (C=S) groups is 1. The maximum Gasteiger partial charge on any atom is 0.139 e. The molecule has 104 valence electrons. The molecule has 0 unspecified atom stereocenters. The summed E-state index contributed by atoms with van der Waals surface area (Å²) < 4.78 is 5.50. The molecular weight excluding hydrogens is 270 g/mol. The first-order chi connectivity index (χ1) is 9.75. The minimum atomic E-state index is 0.392. The smallest absolute Gasteiger partial charge is 0.139 e. The quantitative estimate of drug-likeness (QED) is 0.857. The summed E-state index contributed by atoms with van der Waals surface area (Å²) in [5.41, 5.74) is 7.70. The van der Waals surface area contributed by atoms with Gasteiger partial charge in [0, 0.05) is 25.1 Å². The van der Waals surface area contributed by atoms with Gasteiger partial charge in [0.05, 0.1) is 17.7 Å². The van der Waals surface area contributed by atoms with Gasteiger partial charge in [0.1, 0.15) is 10.8 Å². The Balaban J connectivity index is 2.11. The molecule has 20 heavy (non-hydrogen) atoms. The molecule has 1 aliphatic rings. The number of nitrogens with zero attached hydrogens (tertiary/aromatic N) is 2. The standard InChI is InChI=1S/C15H17N3OS/c16-14(20)12-10-11-4-1-2-5-13(11)17-15(12)18-6-3-8-19-9-7-18/h1-2,4-5,10H,3,6-9H2,(H2,16,20).